The molecule has 0 saturated heterocycles. The summed E-state index contributed by atoms with van der Waals surface area (Å²) in [5, 5.41) is 5.73. The minimum atomic E-state index is 0.852. The Morgan fingerprint density at radius 2 is 1.57 bits per heavy atom. The first-order valence-electron chi connectivity index (χ1n) is 8.35. The second kappa shape index (κ2) is 4.34. The average Bonchev–Trinajstić information content (AvgIpc) is 3.38. The van der Waals surface area contributed by atoms with E-state index in [2.05, 4.69) is 48.5 Å². The van der Waals surface area contributed by atoms with Gasteiger partial charge in [0.1, 0.15) is 0 Å². The highest BCUT2D eigenvalue weighted by Gasteiger charge is 2.35. The van der Waals surface area contributed by atoms with E-state index in [9.17, 15) is 0 Å². The maximum Gasteiger partial charge on any atom is -0.0102 e. The topological polar surface area (TPSA) is 0 Å². The van der Waals surface area contributed by atoms with Crippen LogP contribution >= 0.6 is 0 Å². The van der Waals surface area contributed by atoms with Crippen LogP contribution in [0.1, 0.15) is 42.7 Å². The first-order valence-corrected chi connectivity index (χ1v) is 8.35. The minimum Gasteiger partial charge on any atom is -0.0616 e. The number of rotatable bonds is 1. The summed E-state index contributed by atoms with van der Waals surface area (Å²) in [4.78, 5) is 0. The molecule has 0 heterocycles. The van der Waals surface area contributed by atoms with Gasteiger partial charge >= 0.3 is 0 Å². The van der Waals surface area contributed by atoms with Crippen LogP contribution in [0.4, 0.5) is 0 Å². The lowest BCUT2D eigenvalue weighted by atomic mass is 9.78. The van der Waals surface area contributed by atoms with E-state index in [4.69, 9.17) is 0 Å². The van der Waals surface area contributed by atoms with Gasteiger partial charge in [-0.15, -0.1) is 0 Å². The van der Waals surface area contributed by atoms with Crippen molar-refractivity contribution >= 4 is 21.5 Å². The van der Waals surface area contributed by atoms with Gasteiger partial charge in [-0.25, -0.2) is 0 Å². The van der Waals surface area contributed by atoms with Gasteiger partial charge in [0.05, 0.1) is 0 Å². The lowest BCUT2D eigenvalue weighted by Gasteiger charge is -2.27. The Kier molecular flexibility index (Phi) is 2.44. The SMILES string of the molecule is c1ccc2c(c1)ccc1c3c(ccc12)C(C1CC1)CCC3. The molecule has 0 heteroatoms. The quantitative estimate of drug-likeness (QED) is 0.489. The minimum absolute atomic E-state index is 0.852. The van der Waals surface area contributed by atoms with Crippen LogP contribution in [0.3, 0.4) is 0 Å². The van der Waals surface area contributed by atoms with E-state index in [0.717, 1.165) is 11.8 Å². The third kappa shape index (κ3) is 1.75. The Morgan fingerprint density at radius 1 is 0.714 bits per heavy atom. The molecule has 1 saturated carbocycles. The molecule has 0 nitrogen and oxygen atoms in total. The van der Waals surface area contributed by atoms with Crippen LogP contribution in [0, 0.1) is 5.92 Å². The number of fused-ring (bicyclic) bond motifs is 5. The molecule has 1 unspecified atom stereocenters. The molecular formula is C21H20. The molecular weight excluding hydrogens is 252 g/mol. The van der Waals surface area contributed by atoms with Gasteiger partial charge in [0.2, 0.25) is 0 Å². The van der Waals surface area contributed by atoms with E-state index < -0.39 is 0 Å². The van der Waals surface area contributed by atoms with Crippen LogP contribution in [0.15, 0.2) is 48.5 Å². The molecule has 0 radical (unpaired) electrons. The van der Waals surface area contributed by atoms with Crippen molar-refractivity contribution in [2.45, 2.75) is 38.0 Å². The van der Waals surface area contributed by atoms with E-state index >= 15 is 0 Å². The molecule has 21 heavy (non-hydrogen) atoms. The predicted octanol–water partition coefficient (Wildman–Crippen LogP) is 5.82. The average molecular weight is 272 g/mol. The molecule has 2 aliphatic carbocycles. The summed E-state index contributed by atoms with van der Waals surface area (Å²) in [5.74, 6) is 1.84. The van der Waals surface area contributed by atoms with Crippen molar-refractivity contribution < 1.29 is 0 Å². The first kappa shape index (κ1) is 11.8. The smallest absolute Gasteiger partial charge is 0.0102 e. The van der Waals surface area contributed by atoms with Crippen molar-refractivity contribution in [3.8, 4) is 0 Å². The summed E-state index contributed by atoms with van der Waals surface area (Å²) < 4.78 is 0. The van der Waals surface area contributed by atoms with Gasteiger partial charge in [0, 0.05) is 0 Å². The molecule has 0 spiro atoms. The van der Waals surface area contributed by atoms with Crippen molar-refractivity contribution in [2.75, 3.05) is 0 Å². The van der Waals surface area contributed by atoms with Crippen molar-refractivity contribution in [3.63, 3.8) is 0 Å². The molecule has 3 aromatic carbocycles. The number of hydrogen-bond donors (Lipinski definition) is 0. The monoisotopic (exact) mass is 272 g/mol. The van der Waals surface area contributed by atoms with Crippen LogP contribution in [0.25, 0.3) is 21.5 Å². The summed E-state index contributed by atoms with van der Waals surface area (Å²) in [6, 6.07) is 18.3. The Hall–Kier alpha value is -1.82. The van der Waals surface area contributed by atoms with Gasteiger partial charge in [-0.2, -0.15) is 0 Å². The lowest BCUT2D eigenvalue weighted by Crippen LogP contribution is -2.11. The Morgan fingerprint density at radius 3 is 2.48 bits per heavy atom. The van der Waals surface area contributed by atoms with Crippen molar-refractivity contribution in [1.29, 1.82) is 0 Å². The summed E-state index contributed by atoms with van der Waals surface area (Å²) in [7, 11) is 0. The molecule has 2 aliphatic rings. The highest BCUT2D eigenvalue weighted by atomic mass is 14.4. The van der Waals surface area contributed by atoms with E-state index in [1.54, 1.807) is 11.1 Å². The molecule has 0 N–H and O–H groups in total. The van der Waals surface area contributed by atoms with Crippen LogP contribution in [0.2, 0.25) is 0 Å². The van der Waals surface area contributed by atoms with Crippen LogP contribution in [-0.2, 0) is 6.42 Å². The highest BCUT2D eigenvalue weighted by Crippen LogP contribution is 2.49. The van der Waals surface area contributed by atoms with Crippen molar-refractivity contribution in [1.82, 2.24) is 0 Å². The van der Waals surface area contributed by atoms with Gasteiger partial charge < -0.3 is 0 Å². The van der Waals surface area contributed by atoms with E-state index in [1.165, 1.54) is 53.6 Å². The molecule has 104 valence electrons. The second-order valence-corrected chi connectivity index (χ2v) is 6.85. The largest absolute Gasteiger partial charge is 0.0616 e. The molecule has 0 amide bonds. The summed E-state index contributed by atoms with van der Waals surface area (Å²) >= 11 is 0. The summed E-state index contributed by atoms with van der Waals surface area (Å²) in [6.45, 7) is 0. The van der Waals surface area contributed by atoms with E-state index in [0.29, 0.717) is 0 Å². The molecule has 1 fully saturated rings. The van der Waals surface area contributed by atoms with Gasteiger partial charge in [-0.3, -0.25) is 0 Å². The highest BCUT2D eigenvalue weighted by molar-refractivity contribution is 6.08. The number of benzene rings is 3. The lowest BCUT2D eigenvalue weighted by molar-refractivity contribution is 0.505. The fraction of sp³-hybridized carbons (Fsp3) is 0.333. The van der Waals surface area contributed by atoms with Crippen molar-refractivity contribution in [3.05, 3.63) is 59.7 Å². The van der Waals surface area contributed by atoms with E-state index in [1.807, 2.05) is 0 Å². The standard InChI is InChI=1S/C21H20/c1-2-5-16-14(4-1)10-11-21-18-7-3-6-17(15-8-9-15)19(18)12-13-20(16)21/h1-2,4-5,10-13,15,17H,3,6-9H2. The zero-order valence-electron chi connectivity index (χ0n) is 12.3. The maximum atomic E-state index is 2.45. The van der Waals surface area contributed by atoms with Gasteiger partial charge in [-0.1, -0.05) is 48.5 Å². The predicted molar refractivity (Wildman–Crippen MR) is 89.9 cm³/mol. The zero-order chi connectivity index (χ0) is 13.8. The van der Waals surface area contributed by atoms with Crippen LogP contribution in [0.5, 0.6) is 0 Å². The Bertz CT molecular complexity index is 839. The van der Waals surface area contributed by atoms with Crippen molar-refractivity contribution in [2.24, 2.45) is 5.92 Å². The molecule has 0 bridgehead atoms. The first-order chi connectivity index (χ1) is 10.4. The normalized spacial score (nSPS) is 21.6. The van der Waals surface area contributed by atoms with E-state index in [-0.39, 0.29) is 0 Å². The molecule has 1 atom stereocenters. The maximum absolute atomic E-state index is 2.45. The number of aryl methyl sites for hydroxylation is 1. The summed E-state index contributed by atoms with van der Waals surface area (Å²) in [5.41, 5.74) is 3.33. The van der Waals surface area contributed by atoms with Crippen LogP contribution in [-0.4, -0.2) is 0 Å². The van der Waals surface area contributed by atoms with Crippen LogP contribution < -0.4 is 0 Å². The second-order valence-electron chi connectivity index (χ2n) is 6.85. The fourth-order valence-electron chi connectivity index (χ4n) is 4.44. The summed E-state index contributed by atoms with van der Waals surface area (Å²) in [6.07, 6.45) is 6.98. The Labute approximate surface area is 125 Å². The Balaban J connectivity index is 1.81. The van der Waals surface area contributed by atoms with Gasteiger partial charge in [0.15, 0.2) is 0 Å². The van der Waals surface area contributed by atoms with Gasteiger partial charge in [0.25, 0.3) is 0 Å². The zero-order valence-corrected chi connectivity index (χ0v) is 12.3. The molecule has 0 aromatic heterocycles. The van der Waals surface area contributed by atoms with Gasteiger partial charge in [-0.05, 0) is 76.6 Å². The molecule has 5 rings (SSSR count). The fourth-order valence-corrected chi connectivity index (χ4v) is 4.44. The molecule has 0 aliphatic heterocycles. The third-order valence-corrected chi connectivity index (χ3v) is 5.61. The molecule has 3 aromatic rings. The number of hydrogen-bond acceptors (Lipinski definition) is 0. The third-order valence-electron chi connectivity index (χ3n) is 5.61.